The SMILES string of the molecule is CCc1nnc(Oc2cccnc2)c(C(=N)N)c1CC. The van der Waals surface area contributed by atoms with Crippen molar-refractivity contribution in [3.05, 3.63) is 41.3 Å². The van der Waals surface area contributed by atoms with Crippen molar-refractivity contribution in [2.45, 2.75) is 26.7 Å². The molecule has 2 heterocycles. The zero-order chi connectivity index (χ0) is 14.5. The maximum Gasteiger partial charge on any atom is 0.250 e. The standard InChI is InChI=1S/C14H17N5O/c1-3-10-11(4-2)18-19-14(12(10)13(15)16)20-9-6-5-7-17-8-9/h5-8H,3-4H2,1-2H3,(H3,15,16). The van der Waals surface area contributed by atoms with Gasteiger partial charge in [0.1, 0.15) is 11.6 Å². The molecule has 6 heteroatoms. The lowest BCUT2D eigenvalue weighted by atomic mass is 10.0. The number of pyridine rings is 1. The van der Waals surface area contributed by atoms with Crippen LogP contribution in [0.25, 0.3) is 0 Å². The molecule has 0 radical (unpaired) electrons. The van der Waals surface area contributed by atoms with Crippen molar-refractivity contribution in [3.63, 3.8) is 0 Å². The van der Waals surface area contributed by atoms with Crippen LogP contribution in [-0.4, -0.2) is 21.0 Å². The minimum atomic E-state index is -0.0645. The Morgan fingerprint density at radius 2 is 2.10 bits per heavy atom. The molecule has 6 nitrogen and oxygen atoms in total. The third-order valence-corrected chi connectivity index (χ3v) is 2.93. The van der Waals surface area contributed by atoms with Crippen LogP contribution in [0.1, 0.15) is 30.7 Å². The molecule has 0 aliphatic carbocycles. The van der Waals surface area contributed by atoms with Crippen LogP contribution < -0.4 is 10.5 Å². The number of amidine groups is 1. The van der Waals surface area contributed by atoms with E-state index in [1.807, 2.05) is 13.8 Å². The van der Waals surface area contributed by atoms with Gasteiger partial charge in [-0.1, -0.05) is 13.8 Å². The maximum atomic E-state index is 7.77. The Labute approximate surface area is 117 Å². The molecule has 0 aromatic carbocycles. The fraction of sp³-hybridized carbons (Fsp3) is 0.286. The highest BCUT2D eigenvalue weighted by Gasteiger charge is 2.18. The molecule has 2 rings (SSSR count). The fourth-order valence-electron chi connectivity index (χ4n) is 2.02. The summed E-state index contributed by atoms with van der Waals surface area (Å²) in [5.74, 6) is 0.723. The van der Waals surface area contributed by atoms with Crippen LogP contribution in [0.2, 0.25) is 0 Å². The van der Waals surface area contributed by atoms with Gasteiger partial charge in [0.2, 0.25) is 5.88 Å². The highest BCUT2D eigenvalue weighted by Crippen LogP contribution is 2.26. The molecule has 2 aromatic rings. The molecule has 0 bridgehead atoms. The Morgan fingerprint density at radius 1 is 1.30 bits per heavy atom. The van der Waals surface area contributed by atoms with Crippen molar-refractivity contribution in [2.24, 2.45) is 5.73 Å². The van der Waals surface area contributed by atoms with E-state index in [1.54, 1.807) is 24.5 Å². The lowest BCUT2D eigenvalue weighted by Crippen LogP contribution is -2.18. The zero-order valence-electron chi connectivity index (χ0n) is 11.6. The molecular formula is C14H17N5O. The summed E-state index contributed by atoms with van der Waals surface area (Å²) in [4.78, 5) is 3.97. The molecule has 3 N–H and O–H groups in total. The fourth-order valence-corrected chi connectivity index (χ4v) is 2.02. The van der Waals surface area contributed by atoms with Crippen molar-refractivity contribution >= 4 is 5.84 Å². The van der Waals surface area contributed by atoms with Gasteiger partial charge in [-0.25, -0.2) is 0 Å². The second-order valence-electron chi connectivity index (χ2n) is 4.22. The van der Waals surface area contributed by atoms with Crippen LogP contribution in [0.15, 0.2) is 24.5 Å². The van der Waals surface area contributed by atoms with Crippen LogP contribution in [-0.2, 0) is 12.8 Å². The first kappa shape index (κ1) is 13.9. The summed E-state index contributed by atoms with van der Waals surface area (Å²) in [6, 6.07) is 3.52. The van der Waals surface area contributed by atoms with Crippen molar-refractivity contribution < 1.29 is 4.74 Å². The van der Waals surface area contributed by atoms with Crippen molar-refractivity contribution in [1.29, 1.82) is 5.41 Å². The van der Waals surface area contributed by atoms with Crippen LogP contribution >= 0.6 is 0 Å². The van der Waals surface area contributed by atoms with Gasteiger partial charge < -0.3 is 10.5 Å². The molecule has 0 spiro atoms. The van der Waals surface area contributed by atoms with Crippen molar-refractivity contribution in [2.75, 3.05) is 0 Å². The van der Waals surface area contributed by atoms with E-state index in [1.165, 1.54) is 0 Å². The average Bonchev–Trinajstić information content (AvgIpc) is 2.47. The van der Waals surface area contributed by atoms with Crippen molar-refractivity contribution in [1.82, 2.24) is 15.2 Å². The highest BCUT2D eigenvalue weighted by atomic mass is 16.5. The molecule has 0 saturated carbocycles. The number of ether oxygens (including phenoxy) is 1. The maximum absolute atomic E-state index is 7.77. The number of hydrogen-bond acceptors (Lipinski definition) is 5. The van der Waals surface area contributed by atoms with Crippen molar-refractivity contribution in [3.8, 4) is 11.6 Å². The third-order valence-electron chi connectivity index (χ3n) is 2.93. The molecule has 0 amide bonds. The van der Waals surface area contributed by atoms with E-state index in [0.29, 0.717) is 11.3 Å². The van der Waals surface area contributed by atoms with Gasteiger partial charge in [-0.2, -0.15) is 5.10 Å². The quantitative estimate of drug-likeness (QED) is 0.640. The van der Waals surface area contributed by atoms with Gasteiger partial charge in [-0.3, -0.25) is 10.4 Å². The Kier molecular flexibility index (Phi) is 4.24. The average molecular weight is 271 g/mol. The highest BCUT2D eigenvalue weighted by molar-refractivity contribution is 5.98. The summed E-state index contributed by atoms with van der Waals surface area (Å²) in [7, 11) is 0. The summed E-state index contributed by atoms with van der Waals surface area (Å²) in [5, 5.41) is 16.0. The van der Waals surface area contributed by atoms with Gasteiger partial charge in [0.05, 0.1) is 17.5 Å². The molecule has 0 aliphatic rings. The van der Waals surface area contributed by atoms with E-state index in [2.05, 4.69) is 15.2 Å². The summed E-state index contributed by atoms with van der Waals surface area (Å²) in [5.41, 5.74) is 7.96. The molecule has 0 atom stereocenters. The molecule has 2 aromatic heterocycles. The van der Waals surface area contributed by atoms with E-state index in [-0.39, 0.29) is 11.7 Å². The van der Waals surface area contributed by atoms with Crippen LogP contribution in [0.3, 0.4) is 0 Å². The van der Waals surface area contributed by atoms with E-state index in [4.69, 9.17) is 15.9 Å². The first-order valence-corrected chi connectivity index (χ1v) is 6.48. The lowest BCUT2D eigenvalue weighted by Gasteiger charge is -2.14. The second-order valence-corrected chi connectivity index (χ2v) is 4.22. The summed E-state index contributed by atoms with van der Waals surface area (Å²) >= 11 is 0. The monoisotopic (exact) mass is 271 g/mol. The number of aromatic nitrogens is 3. The predicted molar refractivity (Wildman–Crippen MR) is 76.1 cm³/mol. The first-order valence-electron chi connectivity index (χ1n) is 6.48. The van der Waals surface area contributed by atoms with Gasteiger partial charge in [-0.15, -0.1) is 5.10 Å². The van der Waals surface area contributed by atoms with E-state index < -0.39 is 0 Å². The van der Waals surface area contributed by atoms with Gasteiger partial charge in [0.25, 0.3) is 0 Å². The number of nitrogens with zero attached hydrogens (tertiary/aromatic N) is 3. The third kappa shape index (κ3) is 2.74. The van der Waals surface area contributed by atoms with E-state index in [9.17, 15) is 0 Å². The predicted octanol–water partition coefficient (Wildman–Crippen LogP) is 2.07. The molecule has 0 saturated heterocycles. The van der Waals surface area contributed by atoms with Gasteiger partial charge in [0.15, 0.2) is 0 Å². The minimum Gasteiger partial charge on any atom is -0.435 e. The smallest absolute Gasteiger partial charge is 0.250 e. The van der Waals surface area contributed by atoms with Crippen LogP contribution in [0, 0.1) is 5.41 Å². The Morgan fingerprint density at radius 3 is 2.65 bits per heavy atom. The number of aryl methyl sites for hydroxylation is 1. The number of nitrogen functional groups attached to an aromatic ring is 1. The summed E-state index contributed by atoms with van der Waals surface area (Å²) < 4.78 is 5.66. The zero-order valence-corrected chi connectivity index (χ0v) is 11.6. The first-order chi connectivity index (χ1) is 9.67. The van der Waals surface area contributed by atoms with E-state index in [0.717, 1.165) is 24.1 Å². The molecule has 20 heavy (non-hydrogen) atoms. The summed E-state index contributed by atoms with van der Waals surface area (Å²) in [6.07, 6.45) is 4.69. The lowest BCUT2D eigenvalue weighted by molar-refractivity contribution is 0.449. The molecule has 0 aliphatic heterocycles. The second kappa shape index (κ2) is 6.10. The van der Waals surface area contributed by atoms with E-state index >= 15 is 0 Å². The number of rotatable bonds is 5. The van der Waals surface area contributed by atoms with Crippen LogP contribution in [0.5, 0.6) is 11.6 Å². The normalized spacial score (nSPS) is 10.3. The number of nitrogens with one attached hydrogen (secondary N) is 1. The minimum absolute atomic E-state index is 0.0645. The number of hydrogen-bond donors (Lipinski definition) is 2. The molecular weight excluding hydrogens is 254 g/mol. The topological polar surface area (TPSA) is 97.8 Å². The van der Waals surface area contributed by atoms with Gasteiger partial charge in [-0.05, 0) is 30.5 Å². The molecule has 104 valence electrons. The largest absolute Gasteiger partial charge is 0.435 e. The Balaban J connectivity index is 2.50. The van der Waals surface area contributed by atoms with Gasteiger partial charge >= 0.3 is 0 Å². The Bertz CT molecular complexity index is 612. The Hall–Kier alpha value is -2.50. The summed E-state index contributed by atoms with van der Waals surface area (Å²) in [6.45, 7) is 3.99. The number of nitrogens with two attached hydrogens (primary N) is 1. The molecule has 0 fully saturated rings. The molecule has 0 unspecified atom stereocenters. The van der Waals surface area contributed by atoms with Crippen LogP contribution in [0.4, 0.5) is 0 Å². The van der Waals surface area contributed by atoms with Gasteiger partial charge in [0, 0.05) is 6.20 Å².